The van der Waals surface area contributed by atoms with Gasteiger partial charge in [-0.3, -0.25) is 4.98 Å². The van der Waals surface area contributed by atoms with Crippen molar-refractivity contribution in [2.75, 3.05) is 6.54 Å². The molecule has 1 unspecified atom stereocenters. The highest BCUT2D eigenvalue weighted by Gasteiger charge is 2.11. The molecule has 0 aliphatic heterocycles. The third kappa shape index (κ3) is 4.04. The number of rotatable bonds is 6. The maximum atomic E-state index is 13.6. The summed E-state index contributed by atoms with van der Waals surface area (Å²) in [6.07, 6.45) is 2.67. The number of aliphatic hydroxyl groups is 1. The van der Waals surface area contributed by atoms with Crippen LogP contribution in [0.2, 0.25) is 0 Å². The van der Waals surface area contributed by atoms with Crippen molar-refractivity contribution in [3.05, 3.63) is 90.0 Å². The lowest BCUT2D eigenvalue weighted by atomic mass is 10.0. The molecule has 3 rings (SSSR count). The summed E-state index contributed by atoms with van der Waals surface area (Å²) in [5.41, 5.74) is 3.64. The molecule has 1 heterocycles. The molecule has 0 aliphatic carbocycles. The largest absolute Gasteiger partial charge is 0.387 e. The Bertz CT molecular complexity index is 792. The topological polar surface area (TPSA) is 45.1 Å². The summed E-state index contributed by atoms with van der Waals surface area (Å²) >= 11 is 0. The summed E-state index contributed by atoms with van der Waals surface area (Å²) in [7, 11) is 0. The summed E-state index contributed by atoms with van der Waals surface area (Å²) in [6, 6.07) is 18.4. The average Bonchev–Trinajstić information content (AvgIpc) is 2.63. The first-order valence-corrected chi connectivity index (χ1v) is 7.86. The molecule has 1 aromatic heterocycles. The number of aliphatic hydroxyl groups excluding tert-OH is 1. The zero-order valence-electron chi connectivity index (χ0n) is 13.2. The Hall–Kier alpha value is -2.56. The van der Waals surface area contributed by atoms with Crippen LogP contribution in [-0.2, 0) is 6.54 Å². The van der Waals surface area contributed by atoms with Gasteiger partial charge in [-0.2, -0.15) is 0 Å². The smallest absolute Gasteiger partial charge is 0.129 e. The van der Waals surface area contributed by atoms with E-state index in [1.165, 1.54) is 6.07 Å². The molecule has 3 aromatic rings. The van der Waals surface area contributed by atoms with Gasteiger partial charge in [-0.15, -0.1) is 0 Å². The fourth-order valence-corrected chi connectivity index (χ4v) is 2.61. The van der Waals surface area contributed by atoms with Crippen LogP contribution in [0.1, 0.15) is 17.2 Å². The van der Waals surface area contributed by atoms with Crippen molar-refractivity contribution >= 4 is 0 Å². The van der Waals surface area contributed by atoms with Gasteiger partial charge in [0.15, 0.2) is 0 Å². The molecule has 0 aliphatic rings. The third-order valence-corrected chi connectivity index (χ3v) is 3.87. The molecule has 2 aromatic carbocycles. The molecule has 0 bridgehead atoms. The van der Waals surface area contributed by atoms with Gasteiger partial charge in [0.25, 0.3) is 0 Å². The number of hydrogen-bond acceptors (Lipinski definition) is 3. The van der Waals surface area contributed by atoms with Crippen LogP contribution >= 0.6 is 0 Å². The summed E-state index contributed by atoms with van der Waals surface area (Å²) in [5.74, 6) is -0.383. The normalized spacial score (nSPS) is 12.1. The Morgan fingerprint density at radius 2 is 1.75 bits per heavy atom. The van der Waals surface area contributed by atoms with Crippen molar-refractivity contribution in [2.24, 2.45) is 0 Å². The predicted molar refractivity (Wildman–Crippen MR) is 92.7 cm³/mol. The van der Waals surface area contributed by atoms with Crippen LogP contribution in [0.4, 0.5) is 4.39 Å². The van der Waals surface area contributed by atoms with E-state index >= 15 is 0 Å². The maximum Gasteiger partial charge on any atom is 0.129 e. The van der Waals surface area contributed by atoms with Gasteiger partial charge in [0.1, 0.15) is 5.82 Å². The summed E-state index contributed by atoms with van der Waals surface area (Å²) in [4.78, 5) is 4.03. The summed E-state index contributed by atoms with van der Waals surface area (Å²) < 4.78 is 13.6. The Kier molecular flexibility index (Phi) is 5.31. The van der Waals surface area contributed by atoms with E-state index < -0.39 is 6.10 Å². The van der Waals surface area contributed by atoms with Crippen LogP contribution in [-0.4, -0.2) is 16.6 Å². The van der Waals surface area contributed by atoms with Gasteiger partial charge in [0, 0.05) is 31.0 Å². The minimum Gasteiger partial charge on any atom is -0.387 e. The number of benzene rings is 2. The van der Waals surface area contributed by atoms with Crippen LogP contribution in [0.25, 0.3) is 11.1 Å². The molecule has 4 heteroatoms. The van der Waals surface area contributed by atoms with E-state index in [0.717, 1.165) is 16.7 Å². The highest BCUT2D eigenvalue weighted by molar-refractivity contribution is 5.63. The van der Waals surface area contributed by atoms with E-state index in [1.807, 2.05) is 30.3 Å². The van der Waals surface area contributed by atoms with Gasteiger partial charge in [0.2, 0.25) is 0 Å². The lowest BCUT2D eigenvalue weighted by Gasteiger charge is -2.13. The molecule has 122 valence electrons. The lowest BCUT2D eigenvalue weighted by molar-refractivity contribution is 0.169. The molecule has 0 saturated heterocycles. The Labute approximate surface area is 140 Å². The zero-order chi connectivity index (χ0) is 16.8. The van der Waals surface area contributed by atoms with Crippen molar-refractivity contribution in [1.82, 2.24) is 10.3 Å². The van der Waals surface area contributed by atoms with Crippen LogP contribution < -0.4 is 5.32 Å². The SMILES string of the molecule is OC(CNCc1cccc(-c2ccncc2)c1)c1ccccc1F. The average molecular weight is 322 g/mol. The molecule has 1 atom stereocenters. The Balaban J connectivity index is 1.60. The van der Waals surface area contributed by atoms with Gasteiger partial charge in [-0.25, -0.2) is 4.39 Å². The minimum absolute atomic E-state index is 0.292. The van der Waals surface area contributed by atoms with Crippen molar-refractivity contribution in [2.45, 2.75) is 12.6 Å². The first-order chi connectivity index (χ1) is 11.7. The predicted octanol–water partition coefficient (Wildman–Crippen LogP) is 3.71. The number of nitrogens with one attached hydrogen (secondary N) is 1. The molecular formula is C20H19FN2O. The molecule has 24 heavy (non-hydrogen) atoms. The van der Waals surface area contributed by atoms with Crippen molar-refractivity contribution in [1.29, 1.82) is 0 Å². The maximum absolute atomic E-state index is 13.6. The molecule has 2 N–H and O–H groups in total. The third-order valence-electron chi connectivity index (χ3n) is 3.87. The second-order valence-electron chi connectivity index (χ2n) is 5.60. The zero-order valence-corrected chi connectivity index (χ0v) is 13.2. The van der Waals surface area contributed by atoms with Gasteiger partial charge >= 0.3 is 0 Å². The highest BCUT2D eigenvalue weighted by Crippen LogP contribution is 2.20. The van der Waals surface area contributed by atoms with Gasteiger partial charge in [-0.05, 0) is 41.0 Å². The molecule has 3 nitrogen and oxygen atoms in total. The number of halogens is 1. The lowest BCUT2D eigenvalue weighted by Crippen LogP contribution is -2.21. The number of hydrogen-bond donors (Lipinski definition) is 2. The number of aromatic nitrogens is 1. The molecule has 0 radical (unpaired) electrons. The highest BCUT2D eigenvalue weighted by atomic mass is 19.1. The first-order valence-electron chi connectivity index (χ1n) is 7.86. The van der Waals surface area contributed by atoms with E-state index in [0.29, 0.717) is 18.7 Å². The number of pyridine rings is 1. The monoisotopic (exact) mass is 322 g/mol. The molecule has 0 fully saturated rings. The van der Waals surface area contributed by atoms with Crippen LogP contribution in [0.15, 0.2) is 73.1 Å². The fraction of sp³-hybridized carbons (Fsp3) is 0.150. The van der Waals surface area contributed by atoms with Crippen LogP contribution in [0.3, 0.4) is 0 Å². The van der Waals surface area contributed by atoms with E-state index in [2.05, 4.69) is 16.4 Å². The second kappa shape index (κ2) is 7.81. The second-order valence-corrected chi connectivity index (χ2v) is 5.60. The van der Waals surface area contributed by atoms with E-state index in [4.69, 9.17) is 0 Å². The van der Waals surface area contributed by atoms with E-state index in [9.17, 15) is 9.50 Å². The van der Waals surface area contributed by atoms with Crippen LogP contribution in [0.5, 0.6) is 0 Å². The van der Waals surface area contributed by atoms with Gasteiger partial charge in [-0.1, -0.05) is 36.4 Å². The van der Waals surface area contributed by atoms with Crippen molar-refractivity contribution in [3.8, 4) is 11.1 Å². The van der Waals surface area contributed by atoms with Gasteiger partial charge in [0.05, 0.1) is 6.10 Å². The molecule has 0 spiro atoms. The summed E-state index contributed by atoms with van der Waals surface area (Å²) in [5, 5.41) is 13.3. The number of nitrogens with zero attached hydrogens (tertiary/aromatic N) is 1. The van der Waals surface area contributed by atoms with E-state index in [1.54, 1.807) is 30.6 Å². The quantitative estimate of drug-likeness (QED) is 0.727. The van der Waals surface area contributed by atoms with Crippen molar-refractivity contribution < 1.29 is 9.50 Å². The molecule has 0 amide bonds. The van der Waals surface area contributed by atoms with E-state index in [-0.39, 0.29) is 5.82 Å². The minimum atomic E-state index is -0.866. The summed E-state index contributed by atoms with van der Waals surface area (Å²) in [6.45, 7) is 0.894. The Morgan fingerprint density at radius 1 is 0.958 bits per heavy atom. The van der Waals surface area contributed by atoms with Crippen LogP contribution in [0, 0.1) is 5.82 Å². The van der Waals surface area contributed by atoms with Gasteiger partial charge < -0.3 is 10.4 Å². The molecule has 0 saturated carbocycles. The van der Waals surface area contributed by atoms with Crippen molar-refractivity contribution in [3.63, 3.8) is 0 Å². The Morgan fingerprint density at radius 3 is 2.54 bits per heavy atom. The molecular weight excluding hydrogens is 303 g/mol. The fourth-order valence-electron chi connectivity index (χ4n) is 2.61. The standard InChI is InChI=1S/C20H19FN2O/c21-19-7-2-1-6-18(19)20(24)14-23-13-15-4-3-5-17(12-15)16-8-10-22-11-9-16/h1-12,20,23-24H,13-14H2. The first kappa shape index (κ1) is 16.3.